The van der Waals surface area contributed by atoms with Crippen molar-refractivity contribution in [1.29, 1.82) is 0 Å². The molecule has 1 unspecified atom stereocenters. The zero-order valence-electron chi connectivity index (χ0n) is 9.18. The van der Waals surface area contributed by atoms with Crippen molar-refractivity contribution >= 4 is 21.4 Å². The van der Waals surface area contributed by atoms with Crippen molar-refractivity contribution in [2.24, 2.45) is 5.14 Å². The van der Waals surface area contributed by atoms with E-state index >= 15 is 0 Å². The zero-order valence-corrected chi connectivity index (χ0v) is 9.99. The van der Waals surface area contributed by atoms with Crippen LogP contribution in [0.25, 0.3) is 0 Å². The molecule has 0 radical (unpaired) electrons. The Morgan fingerprint density at radius 3 is 2.44 bits per heavy atom. The van der Waals surface area contributed by atoms with Crippen molar-refractivity contribution < 1.29 is 22.3 Å². The number of aliphatic hydroxyl groups is 1. The Kier molecular flexibility index (Phi) is 4.43. The van der Waals surface area contributed by atoms with E-state index in [0.717, 1.165) is 12.1 Å². The van der Waals surface area contributed by atoms with Crippen LogP contribution in [-0.2, 0) is 10.0 Å². The van der Waals surface area contributed by atoms with Crippen LogP contribution in [0.5, 0.6) is 0 Å². The highest BCUT2D eigenvalue weighted by molar-refractivity contribution is 7.89. The number of sulfonamides is 1. The minimum atomic E-state index is -3.93. The van der Waals surface area contributed by atoms with Crippen molar-refractivity contribution in [3.63, 3.8) is 0 Å². The highest BCUT2D eigenvalue weighted by Crippen LogP contribution is 2.19. The van der Waals surface area contributed by atoms with Crippen LogP contribution in [0.3, 0.4) is 0 Å². The lowest BCUT2D eigenvalue weighted by Gasteiger charge is -2.13. The molecule has 0 saturated carbocycles. The van der Waals surface area contributed by atoms with Gasteiger partial charge in [-0.05, 0) is 18.2 Å². The molecule has 0 aliphatic carbocycles. The molecule has 1 aromatic rings. The van der Waals surface area contributed by atoms with E-state index in [0.29, 0.717) is 0 Å². The molecule has 6 nitrogen and oxygen atoms in total. The topological polar surface area (TPSA) is 118 Å². The van der Waals surface area contributed by atoms with Crippen LogP contribution < -0.4 is 16.2 Å². The minimum absolute atomic E-state index is 0.107. The average molecular weight is 281 g/mol. The van der Waals surface area contributed by atoms with E-state index in [1.165, 1.54) is 6.07 Å². The van der Waals surface area contributed by atoms with Gasteiger partial charge in [-0.1, -0.05) is 0 Å². The number of alkyl halides is 2. The number of nitrogens with one attached hydrogen (secondary N) is 1. The molecule has 0 bridgehead atoms. The Balaban J connectivity index is 2.88. The first-order valence-corrected chi connectivity index (χ1v) is 6.38. The first-order valence-electron chi connectivity index (χ1n) is 4.83. The molecule has 6 N–H and O–H groups in total. The number of hydrogen-bond acceptors (Lipinski definition) is 5. The Labute approximate surface area is 103 Å². The van der Waals surface area contributed by atoms with Gasteiger partial charge in [-0.25, -0.2) is 22.3 Å². The number of primary sulfonamides is 1. The molecule has 1 aromatic carbocycles. The fourth-order valence-corrected chi connectivity index (χ4v) is 1.79. The van der Waals surface area contributed by atoms with E-state index < -0.39 is 29.1 Å². The molecule has 0 spiro atoms. The third kappa shape index (κ3) is 4.09. The average Bonchev–Trinajstić information content (AvgIpc) is 2.23. The maximum absolute atomic E-state index is 12.0. The van der Waals surface area contributed by atoms with Crippen LogP contribution in [0.15, 0.2) is 23.1 Å². The lowest BCUT2D eigenvalue weighted by Crippen LogP contribution is -2.26. The maximum Gasteiger partial charge on any atom is 0.265 e. The maximum atomic E-state index is 12.0. The van der Waals surface area contributed by atoms with Gasteiger partial charge in [-0.15, -0.1) is 0 Å². The number of anilines is 2. The standard InChI is InChI=1S/C9H13F2N3O3S/c10-9(11)8(15)4-14-6-1-5(12)2-7(3-6)18(13,16)17/h1-3,8-9,14-15H,4,12H2,(H2,13,16,17). The van der Waals surface area contributed by atoms with Gasteiger partial charge in [0.1, 0.15) is 6.10 Å². The molecule has 0 aromatic heterocycles. The smallest absolute Gasteiger partial charge is 0.265 e. The van der Waals surface area contributed by atoms with Crippen LogP contribution >= 0.6 is 0 Å². The second kappa shape index (κ2) is 5.46. The predicted octanol–water partition coefficient (Wildman–Crippen LogP) is -0.0459. The van der Waals surface area contributed by atoms with Crippen LogP contribution in [0, 0.1) is 0 Å². The molecule has 0 amide bonds. The zero-order chi connectivity index (χ0) is 13.9. The largest absolute Gasteiger partial charge is 0.399 e. The van der Waals surface area contributed by atoms with Crippen molar-refractivity contribution in [2.75, 3.05) is 17.6 Å². The summed E-state index contributed by atoms with van der Waals surface area (Å²) in [6.07, 6.45) is -4.75. The van der Waals surface area contributed by atoms with Gasteiger partial charge in [-0.3, -0.25) is 0 Å². The van der Waals surface area contributed by atoms with Crippen molar-refractivity contribution in [2.45, 2.75) is 17.4 Å². The first-order chi connectivity index (χ1) is 8.20. The fourth-order valence-electron chi connectivity index (χ4n) is 1.20. The number of hydrogen-bond donors (Lipinski definition) is 4. The Morgan fingerprint density at radius 1 is 1.33 bits per heavy atom. The van der Waals surface area contributed by atoms with Gasteiger partial charge < -0.3 is 16.2 Å². The van der Waals surface area contributed by atoms with E-state index in [9.17, 15) is 17.2 Å². The quantitative estimate of drug-likeness (QED) is 0.564. The number of benzene rings is 1. The summed E-state index contributed by atoms with van der Waals surface area (Å²) in [5, 5.41) is 16.3. The molecule has 0 saturated heterocycles. The number of halogens is 2. The van der Waals surface area contributed by atoms with E-state index in [4.69, 9.17) is 16.0 Å². The first kappa shape index (κ1) is 14.6. The molecule has 0 aliphatic rings. The predicted molar refractivity (Wildman–Crippen MR) is 62.7 cm³/mol. The number of aliphatic hydroxyl groups excluding tert-OH is 1. The fraction of sp³-hybridized carbons (Fsp3) is 0.333. The lowest BCUT2D eigenvalue weighted by molar-refractivity contribution is 0.00384. The van der Waals surface area contributed by atoms with Crippen LogP contribution in [0.4, 0.5) is 20.2 Å². The Morgan fingerprint density at radius 2 is 1.94 bits per heavy atom. The summed E-state index contributed by atoms with van der Waals surface area (Å²) in [7, 11) is -3.93. The Hall–Kier alpha value is -1.45. The summed E-state index contributed by atoms with van der Waals surface area (Å²) in [5.41, 5.74) is 5.74. The molecular weight excluding hydrogens is 268 g/mol. The summed E-state index contributed by atoms with van der Waals surface area (Å²) >= 11 is 0. The van der Waals surface area contributed by atoms with Gasteiger partial charge in [0, 0.05) is 17.9 Å². The molecule has 0 aliphatic heterocycles. The molecule has 1 rings (SSSR count). The van der Waals surface area contributed by atoms with Gasteiger partial charge in [0.2, 0.25) is 10.0 Å². The summed E-state index contributed by atoms with van der Waals surface area (Å²) in [4.78, 5) is -0.239. The van der Waals surface area contributed by atoms with Crippen LogP contribution in [0.1, 0.15) is 0 Å². The highest BCUT2D eigenvalue weighted by Gasteiger charge is 2.16. The normalized spacial score (nSPS) is 13.6. The second-order valence-electron chi connectivity index (χ2n) is 3.62. The van der Waals surface area contributed by atoms with Crippen LogP contribution in [-0.4, -0.2) is 32.6 Å². The van der Waals surface area contributed by atoms with Crippen molar-refractivity contribution in [3.8, 4) is 0 Å². The Bertz CT molecular complexity index is 522. The second-order valence-corrected chi connectivity index (χ2v) is 5.18. The molecular formula is C9H13F2N3O3S. The van der Waals surface area contributed by atoms with Crippen LogP contribution in [0.2, 0.25) is 0 Å². The molecule has 0 heterocycles. The summed E-state index contributed by atoms with van der Waals surface area (Å²) in [5.74, 6) is 0. The van der Waals surface area contributed by atoms with E-state index in [1.807, 2.05) is 0 Å². The van der Waals surface area contributed by atoms with Gasteiger partial charge in [0.15, 0.2) is 0 Å². The van der Waals surface area contributed by atoms with E-state index in [2.05, 4.69) is 5.32 Å². The highest BCUT2D eigenvalue weighted by atomic mass is 32.2. The third-order valence-corrected chi connectivity index (χ3v) is 2.96. The SMILES string of the molecule is Nc1cc(NCC(O)C(F)F)cc(S(N)(=O)=O)c1. The van der Waals surface area contributed by atoms with Gasteiger partial charge in [0.05, 0.1) is 4.90 Å². The third-order valence-electron chi connectivity index (χ3n) is 2.06. The number of rotatable bonds is 5. The van der Waals surface area contributed by atoms with Crippen molar-refractivity contribution in [1.82, 2.24) is 0 Å². The summed E-state index contributed by atoms with van der Waals surface area (Å²) in [6.45, 7) is -0.439. The van der Waals surface area contributed by atoms with Gasteiger partial charge in [-0.2, -0.15) is 0 Å². The number of nitrogens with two attached hydrogens (primary N) is 2. The molecule has 0 fully saturated rings. The molecule has 18 heavy (non-hydrogen) atoms. The summed E-state index contributed by atoms with van der Waals surface area (Å²) < 4.78 is 46.3. The van der Waals surface area contributed by atoms with E-state index in [-0.39, 0.29) is 16.3 Å². The number of nitrogen functional groups attached to an aromatic ring is 1. The van der Waals surface area contributed by atoms with Gasteiger partial charge >= 0.3 is 0 Å². The van der Waals surface area contributed by atoms with E-state index in [1.54, 1.807) is 0 Å². The lowest BCUT2D eigenvalue weighted by atomic mass is 10.2. The molecule has 102 valence electrons. The minimum Gasteiger partial charge on any atom is -0.399 e. The molecule has 9 heteroatoms. The van der Waals surface area contributed by atoms with Crippen molar-refractivity contribution in [3.05, 3.63) is 18.2 Å². The molecule has 1 atom stereocenters. The summed E-state index contributed by atoms with van der Waals surface area (Å²) in [6, 6.07) is 3.63. The van der Waals surface area contributed by atoms with Gasteiger partial charge in [0.25, 0.3) is 6.43 Å². The monoisotopic (exact) mass is 281 g/mol.